The van der Waals surface area contributed by atoms with E-state index in [-0.39, 0.29) is 11.3 Å². The first-order chi connectivity index (χ1) is 9.45. The van der Waals surface area contributed by atoms with Crippen molar-refractivity contribution >= 4 is 16.9 Å². The molecule has 1 heterocycles. The molecule has 2 rings (SSSR count). The zero-order valence-corrected chi connectivity index (χ0v) is 11.4. The van der Waals surface area contributed by atoms with Gasteiger partial charge in [-0.25, -0.2) is 9.59 Å². The van der Waals surface area contributed by atoms with E-state index in [2.05, 4.69) is 6.58 Å². The van der Waals surface area contributed by atoms with E-state index in [0.717, 1.165) is 5.39 Å². The van der Waals surface area contributed by atoms with E-state index in [1.165, 1.54) is 6.92 Å². The van der Waals surface area contributed by atoms with E-state index in [1.54, 1.807) is 12.1 Å². The lowest BCUT2D eigenvalue weighted by Crippen LogP contribution is -2.05. The molecule has 1 aromatic heterocycles. The van der Waals surface area contributed by atoms with E-state index in [1.807, 2.05) is 25.1 Å². The van der Waals surface area contributed by atoms with E-state index in [0.29, 0.717) is 12.2 Å². The molecule has 1 N–H and O–H groups in total. The summed E-state index contributed by atoms with van der Waals surface area (Å²) in [6.45, 7) is 6.89. The minimum absolute atomic E-state index is 0.176. The van der Waals surface area contributed by atoms with Crippen molar-refractivity contribution in [2.75, 3.05) is 6.61 Å². The molecule has 0 amide bonds. The number of para-hydroxylation sites is 1. The summed E-state index contributed by atoms with van der Waals surface area (Å²) in [5.41, 5.74) is 0.335. The van der Waals surface area contributed by atoms with Crippen molar-refractivity contribution in [1.29, 1.82) is 0 Å². The highest BCUT2D eigenvalue weighted by Crippen LogP contribution is 2.16. The van der Waals surface area contributed by atoms with Crippen molar-refractivity contribution in [3.63, 3.8) is 0 Å². The fourth-order valence-corrected chi connectivity index (χ4v) is 1.30. The zero-order chi connectivity index (χ0) is 15.1. The number of aliphatic carboxylic acids is 1. The summed E-state index contributed by atoms with van der Waals surface area (Å²) in [7, 11) is 0. The molecule has 2 aromatic rings. The Morgan fingerprint density at radius 1 is 1.40 bits per heavy atom. The SMILES string of the molecule is C=C(C)C(=O)O.CCOc1cc2ccccc2oc1=O. The lowest BCUT2D eigenvalue weighted by Gasteiger charge is -2.01. The molecule has 106 valence electrons. The largest absolute Gasteiger partial charge is 0.487 e. The average molecular weight is 276 g/mol. The molecule has 0 aliphatic heterocycles. The number of benzene rings is 1. The molecule has 0 radical (unpaired) electrons. The van der Waals surface area contributed by atoms with Crippen molar-refractivity contribution in [2.24, 2.45) is 0 Å². The first-order valence-corrected chi connectivity index (χ1v) is 6.00. The molecule has 5 nitrogen and oxygen atoms in total. The molecule has 0 fully saturated rings. The first-order valence-electron chi connectivity index (χ1n) is 6.00. The third kappa shape index (κ3) is 4.28. The van der Waals surface area contributed by atoms with Crippen LogP contribution in [0.2, 0.25) is 0 Å². The molecule has 0 saturated carbocycles. The minimum atomic E-state index is -0.935. The number of carboxylic acids is 1. The predicted molar refractivity (Wildman–Crippen MR) is 76.1 cm³/mol. The van der Waals surface area contributed by atoms with Gasteiger partial charge in [-0.3, -0.25) is 0 Å². The van der Waals surface area contributed by atoms with Crippen LogP contribution in [0.4, 0.5) is 0 Å². The summed E-state index contributed by atoms with van der Waals surface area (Å²) in [5.74, 6) is -0.666. The standard InChI is InChI=1S/C11H10O3.C4H6O2/c1-2-13-10-7-8-5-3-4-6-9(8)14-11(10)12;1-3(2)4(5)6/h3-7H,2H2,1H3;1H2,2H3,(H,5,6). The quantitative estimate of drug-likeness (QED) is 0.689. The highest BCUT2D eigenvalue weighted by atomic mass is 16.5. The Balaban J connectivity index is 0.000000286. The van der Waals surface area contributed by atoms with Crippen LogP contribution in [-0.2, 0) is 4.79 Å². The highest BCUT2D eigenvalue weighted by Gasteiger charge is 2.04. The Hall–Kier alpha value is -2.56. The normalized spacial score (nSPS) is 9.50. The van der Waals surface area contributed by atoms with E-state index < -0.39 is 11.6 Å². The molecule has 0 atom stereocenters. The van der Waals surface area contributed by atoms with Gasteiger partial charge in [0.05, 0.1) is 6.61 Å². The minimum Gasteiger partial charge on any atom is -0.487 e. The Kier molecular flexibility index (Phi) is 5.53. The number of hydrogen-bond acceptors (Lipinski definition) is 4. The van der Waals surface area contributed by atoms with Crippen molar-refractivity contribution in [1.82, 2.24) is 0 Å². The molecule has 5 heteroatoms. The summed E-state index contributed by atoms with van der Waals surface area (Å²) >= 11 is 0. The smallest absolute Gasteiger partial charge is 0.379 e. The maximum atomic E-state index is 11.3. The maximum Gasteiger partial charge on any atom is 0.379 e. The monoisotopic (exact) mass is 276 g/mol. The van der Waals surface area contributed by atoms with Gasteiger partial charge in [0, 0.05) is 11.0 Å². The van der Waals surface area contributed by atoms with Gasteiger partial charge in [-0.15, -0.1) is 0 Å². The van der Waals surface area contributed by atoms with Crippen LogP contribution in [0.3, 0.4) is 0 Å². The van der Waals surface area contributed by atoms with Crippen LogP contribution < -0.4 is 10.4 Å². The molecule has 0 spiro atoms. The van der Waals surface area contributed by atoms with Gasteiger partial charge in [0.2, 0.25) is 5.75 Å². The van der Waals surface area contributed by atoms with Crippen molar-refractivity contribution in [3.8, 4) is 5.75 Å². The molecular formula is C15H16O5. The van der Waals surface area contributed by atoms with Crippen LogP contribution in [0, 0.1) is 0 Å². The molecule has 0 aliphatic rings. The number of hydrogen-bond donors (Lipinski definition) is 1. The molecule has 0 saturated heterocycles. The summed E-state index contributed by atoms with van der Waals surface area (Å²) in [6.07, 6.45) is 0. The van der Waals surface area contributed by atoms with Crippen molar-refractivity contribution < 1.29 is 19.1 Å². The number of rotatable bonds is 3. The number of carboxylic acid groups (broad SMARTS) is 1. The van der Waals surface area contributed by atoms with Crippen LogP contribution in [0.15, 0.2) is 51.7 Å². The molecular weight excluding hydrogens is 260 g/mol. The molecule has 0 aliphatic carbocycles. The van der Waals surface area contributed by atoms with Crippen LogP contribution >= 0.6 is 0 Å². The van der Waals surface area contributed by atoms with Crippen LogP contribution in [0.5, 0.6) is 5.75 Å². The lowest BCUT2D eigenvalue weighted by atomic mass is 10.2. The second-order valence-electron chi connectivity index (χ2n) is 3.95. The van der Waals surface area contributed by atoms with Gasteiger partial charge >= 0.3 is 11.6 Å². The zero-order valence-electron chi connectivity index (χ0n) is 11.4. The molecule has 0 bridgehead atoms. The third-order valence-corrected chi connectivity index (χ3v) is 2.27. The summed E-state index contributed by atoms with van der Waals surface area (Å²) in [6, 6.07) is 9.04. The number of fused-ring (bicyclic) bond motifs is 1. The van der Waals surface area contributed by atoms with Crippen LogP contribution in [-0.4, -0.2) is 17.7 Å². The summed E-state index contributed by atoms with van der Waals surface area (Å²) in [4.78, 5) is 20.9. The Bertz CT molecular complexity index is 657. The second-order valence-corrected chi connectivity index (χ2v) is 3.95. The number of carbonyl (C=O) groups is 1. The fraction of sp³-hybridized carbons (Fsp3) is 0.200. The van der Waals surface area contributed by atoms with Gasteiger partial charge < -0.3 is 14.3 Å². The Labute approximate surface area is 116 Å². The Morgan fingerprint density at radius 2 is 2.00 bits per heavy atom. The topological polar surface area (TPSA) is 76.7 Å². The van der Waals surface area contributed by atoms with Gasteiger partial charge in [0.1, 0.15) is 5.58 Å². The van der Waals surface area contributed by atoms with E-state index in [4.69, 9.17) is 14.3 Å². The second kappa shape index (κ2) is 7.13. The predicted octanol–water partition coefficient (Wildman–Crippen LogP) is 2.84. The van der Waals surface area contributed by atoms with Gasteiger partial charge in [0.15, 0.2) is 0 Å². The van der Waals surface area contributed by atoms with Crippen LogP contribution in [0.1, 0.15) is 13.8 Å². The van der Waals surface area contributed by atoms with Gasteiger partial charge in [-0.1, -0.05) is 24.8 Å². The number of ether oxygens (including phenoxy) is 1. The van der Waals surface area contributed by atoms with E-state index in [9.17, 15) is 9.59 Å². The fourth-order valence-electron chi connectivity index (χ4n) is 1.30. The third-order valence-electron chi connectivity index (χ3n) is 2.27. The van der Waals surface area contributed by atoms with Crippen molar-refractivity contribution in [3.05, 3.63) is 52.9 Å². The Morgan fingerprint density at radius 3 is 2.55 bits per heavy atom. The molecule has 20 heavy (non-hydrogen) atoms. The lowest BCUT2D eigenvalue weighted by molar-refractivity contribution is -0.132. The van der Waals surface area contributed by atoms with Gasteiger partial charge in [0.25, 0.3) is 0 Å². The van der Waals surface area contributed by atoms with Gasteiger partial charge in [-0.05, 0) is 26.0 Å². The van der Waals surface area contributed by atoms with Crippen molar-refractivity contribution in [2.45, 2.75) is 13.8 Å². The average Bonchev–Trinajstić information content (AvgIpc) is 2.40. The maximum absolute atomic E-state index is 11.3. The van der Waals surface area contributed by atoms with Gasteiger partial charge in [-0.2, -0.15) is 0 Å². The summed E-state index contributed by atoms with van der Waals surface area (Å²) < 4.78 is 10.2. The van der Waals surface area contributed by atoms with E-state index >= 15 is 0 Å². The molecule has 1 aromatic carbocycles. The first kappa shape index (κ1) is 15.5. The highest BCUT2D eigenvalue weighted by molar-refractivity contribution is 5.84. The van der Waals surface area contributed by atoms with Crippen LogP contribution in [0.25, 0.3) is 11.0 Å². The summed E-state index contributed by atoms with van der Waals surface area (Å²) in [5, 5.41) is 8.76. The molecule has 0 unspecified atom stereocenters.